The van der Waals surface area contributed by atoms with Gasteiger partial charge in [-0.15, -0.1) is 11.3 Å². The molecule has 0 aliphatic carbocycles. The van der Waals surface area contributed by atoms with E-state index >= 15 is 0 Å². The fraction of sp³-hybridized carbons (Fsp3) is 0.500. The molecule has 3 aromatic rings. The van der Waals surface area contributed by atoms with Crippen molar-refractivity contribution in [3.63, 3.8) is 0 Å². The molecule has 2 aliphatic heterocycles. The molecule has 170 valence electrons. The number of piperidine rings is 1. The second-order valence-electron chi connectivity index (χ2n) is 8.59. The van der Waals surface area contributed by atoms with Crippen LogP contribution >= 0.6 is 11.3 Å². The van der Waals surface area contributed by atoms with E-state index < -0.39 is 10.0 Å². The Labute approximate surface area is 191 Å². The number of carbonyl (C=O) groups is 1. The largest absolute Gasteiger partial charge is 0.338 e. The van der Waals surface area contributed by atoms with Crippen molar-refractivity contribution in [2.45, 2.75) is 62.2 Å². The highest BCUT2D eigenvalue weighted by Crippen LogP contribution is 2.26. The van der Waals surface area contributed by atoms with Gasteiger partial charge >= 0.3 is 0 Å². The number of likely N-dealkylation sites (tertiary alicyclic amines) is 1. The molecular formula is C22H27N5O3S2. The number of pyridine rings is 1. The van der Waals surface area contributed by atoms with Crippen molar-refractivity contribution in [3.8, 4) is 0 Å². The van der Waals surface area contributed by atoms with Gasteiger partial charge in [-0.1, -0.05) is 12.5 Å². The lowest BCUT2D eigenvalue weighted by Crippen LogP contribution is -2.46. The Balaban J connectivity index is 1.33. The number of nitrogens with one attached hydrogen (secondary N) is 1. The third-order valence-electron chi connectivity index (χ3n) is 6.29. The molecule has 8 nitrogen and oxygen atoms in total. The van der Waals surface area contributed by atoms with Crippen LogP contribution < -0.4 is 4.72 Å². The molecule has 32 heavy (non-hydrogen) atoms. The molecule has 1 amide bonds. The van der Waals surface area contributed by atoms with Crippen LogP contribution in [-0.4, -0.2) is 52.9 Å². The number of nitrogens with zero attached hydrogens (tertiary/aromatic N) is 4. The van der Waals surface area contributed by atoms with Gasteiger partial charge in [-0.3, -0.25) is 4.79 Å². The molecule has 5 heterocycles. The molecule has 1 N–H and O–H groups in total. The zero-order chi connectivity index (χ0) is 22.3. The molecule has 10 heteroatoms. The summed E-state index contributed by atoms with van der Waals surface area (Å²) in [5, 5.41) is 1.75. The van der Waals surface area contributed by atoms with Gasteiger partial charge in [0.15, 0.2) is 5.65 Å². The lowest BCUT2D eigenvalue weighted by atomic mass is 10.0. The van der Waals surface area contributed by atoms with Crippen LogP contribution in [0.25, 0.3) is 11.2 Å². The number of thiophene rings is 1. The van der Waals surface area contributed by atoms with Crippen molar-refractivity contribution < 1.29 is 13.2 Å². The third kappa shape index (κ3) is 4.06. The van der Waals surface area contributed by atoms with E-state index in [1.807, 2.05) is 17.9 Å². The van der Waals surface area contributed by atoms with E-state index in [2.05, 4.69) is 9.29 Å². The monoisotopic (exact) mass is 473 g/mol. The minimum atomic E-state index is -3.50. The Hall–Kier alpha value is -2.30. The van der Waals surface area contributed by atoms with Crippen molar-refractivity contribution >= 4 is 38.4 Å². The van der Waals surface area contributed by atoms with Crippen molar-refractivity contribution in [3.05, 3.63) is 40.7 Å². The van der Waals surface area contributed by atoms with Crippen molar-refractivity contribution in [1.29, 1.82) is 0 Å². The topological polar surface area (TPSA) is 97.2 Å². The van der Waals surface area contributed by atoms with Crippen LogP contribution in [0.3, 0.4) is 0 Å². The van der Waals surface area contributed by atoms with E-state index in [9.17, 15) is 13.2 Å². The highest BCUT2D eigenvalue weighted by Gasteiger charge is 2.29. The summed E-state index contributed by atoms with van der Waals surface area (Å²) in [6.07, 6.45) is 5.49. The number of aromatic nitrogens is 3. The molecule has 5 rings (SSSR count). The minimum Gasteiger partial charge on any atom is -0.338 e. The fourth-order valence-electron chi connectivity index (χ4n) is 4.64. The number of imidazole rings is 1. The van der Waals surface area contributed by atoms with E-state index in [0.29, 0.717) is 41.2 Å². The number of rotatable bonds is 4. The average molecular weight is 474 g/mol. The summed E-state index contributed by atoms with van der Waals surface area (Å²) in [6, 6.07) is 5.00. The van der Waals surface area contributed by atoms with Crippen molar-refractivity contribution in [2.75, 3.05) is 13.1 Å². The Kier molecular flexibility index (Phi) is 5.77. The van der Waals surface area contributed by atoms with Gasteiger partial charge in [0.2, 0.25) is 10.0 Å². The van der Waals surface area contributed by atoms with Gasteiger partial charge in [-0.05, 0) is 50.1 Å². The van der Waals surface area contributed by atoms with E-state index in [1.165, 1.54) is 17.8 Å². The first-order chi connectivity index (χ1) is 15.4. The molecular weight excluding hydrogens is 446 g/mol. The zero-order valence-corrected chi connectivity index (χ0v) is 19.7. The third-order valence-corrected chi connectivity index (χ3v) is 9.20. The van der Waals surface area contributed by atoms with E-state index in [0.717, 1.165) is 43.0 Å². The molecule has 1 saturated heterocycles. The summed E-state index contributed by atoms with van der Waals surface area (Å²) < 4.78 is 30.3. The zero-order valence-electron chi connectivity index (χ0n) is 18.1. The van der Waals surface area contributed by atoms with E-state index in [-0.39, 0.29) is 11.9 Å². The molecule has 0 bridgehead atoms. The van der Waals surface area contributed by atoms with E-state index in [1.54, 1.807) is 17.5 Å². The Morgan fingerprint density at radius 2 is 1.97 bits per heavy atom. The van der Waals surface area contributed by atoms with Crippen LogP contribution in [0.4, 0.5) is 0 Å². The van der Waals surface area contributed by atoms with E-state index in [4.69, 9.17) is 9.97 Å². The summed E-state index contributed by atoms with van der Waals surface area (Å²) in [5.41, 5.74) is 2.92. The van der Waals surface area contributed by atoms with Gasteiger partial charge in [-0.25, -0.2) is 23.1 Å². The SMILES string of the molecule is Cc1cc(C(=O)N2CCC(NS(=O)(=O)c3cccs3)CC2)c2nc3n(c2n1)CCCCC3. The van der Waals surface area contributed by atoms with Gasteiger partial charge in [0, 0.05) is 37.8 Å². The second kappa shape index (κ2) is 8.57. The number of carbonyl (C=O) groups excluding carboxylic acids is 1. The molecule has 0 aromatic carbocycles. The van der Waals surface area contributed by atoms with Gasteiger partial charge in [0.1, 0.15) is 15.6 Å². The molecule has 0 spiro atoms. The number of aryl methyl sites for hydroxylation is 3. The molecule has 0 radical (unpaired) electrons. The predicted octanol–water partition coefficient (Wildman–Crippen LogP) is 3.11. The van der Waals surface area contributed by atoms with Gasteiger partial charge < -0.3 is 9.47 Å². The fourth-order valence-corrected chi connectivity index (χ4v) is 6.96. The summed E-state index contributed by atoms with van der Waals surface area (Å²) in [6.45, 7) is 3.82. The Morgan fingerprint density at radius 3 is 2.72 bits per heavy atom. The standard InChI is InChI=1S/C22H27N5O3S2/c1-15-14-17(20-21(23-15)27-10-4-2-3-6-18(27)24-20)22(28)26-11-8-16(9-12-26)25-32(29,30)19-7-5-13-31-19/h5,7,13-14,16,25H,2-4,6,8-12H2,1H3. The number of amides is 1. The molecule has 0 saturated carbocycles. The second-order valence-corrected chi connectivity index (χ2v) is 11.5. The minimum absolute atomic E-state index is 0.0478. The summed E-state index contributed by atoms with van der Waals surface area (Å²) in [4.78, 5) is 24.8. The average Bonchev–Trinajstić information content (AvgIpc) is 3.37. The van der Waals surface area contributed by atoms with Crippen LogP contribution in [0, 0.1) is 6.92 Å². The first kappa shape index (κ1) is 21.5. The van der Waals surface area contributed by atoms with Gasteiger partial charge in [0.05, 0.1) is 5.56 Å². The smallest absolute Gasteiger partial charge is 0.256 e. The number of hydrogen-bond acceptors (Lipinski definition) is 6. The van der Waals surface area contributed by atoms with Crippen LogP contribution in [0.2, 0.25) is 0 Å². The number of hydrogen-bond donors (Lipinski definition) is 1. The van der Waals surface area contributed by atoms with Gasteiger partial charge in [0.25, 0.3) is 5.91 Å². The number of sulfonamides is 1. The van der Waals surface area contributed by atoms with Crippen LogP contribution in [0.5, 0.6) is 0 Å². The summed E-state index contributed by atoms with van der Waals surface area (Å²) in [7, 11) is -3.50. The summed E-state index contributed by atoms with van der Waals surface area (Å²) in [5.74, 6) is 0.972. The summed E-state index contributed by atoms with van der Waals surface area (Å²) >= 11 is 1.21. The maximum absolute atomic E-state index is 13.4. The predicted molar refractivity (Wildman–Crippen MR) is 123 cm³/mol. The van der Waals surface area contributed by atoms with Gasteiger partial charge in [-0.2, -0.15) is 0 Å². The molecule has 0 unspecified atom stereocenters. The maximum Gasteiger partial charge on any atom is 0.256 e. The lowest BCUT2D eigenvalue weighted by Gasteiger charge is -2.32. The van der Waals surface area contributed by atoms with Crippen LogP contribution in [0.15, 0.2) is 27.8 Å². The number of fused-ring (bicyclic) bond motifs is 3. The quantitative estimate of drug-likeness (QED) is 0.628. The van der Waals surface area contributed by atoms with Crippen molar-refractivity contribution in [1.82, 2.24) is 24.2 Å². The highest BCUT2D eigenvalue weighted by atomic mass is 32.2. The van der Waals surface area contributed by atoms with Crippen LogP contribution in [-0.2, 0) is 23.0 Å². The van der Waals surface area contributed by atoms with Crippen LogP contribution in [0.1, 0.15) is 54.0 Å². The first-order valence-corrected chi connectivity index (χ1v) is 13.5. The molecule has 0 atom stereocenters. The normalized spacial score (nSPS) is 18.0. The maximum atomic E-state index is 13.4. The Bertz CT molecular complexity index is 1240. The lowest BCUT2D eigenvalue weighted by molar-refractivity contribution is 0.0713. The molecule has 1 fully saturated rings. The molecule has 2 aliphatic rings. The van der Waals surface area contributed by atoms with Crippen molar-refractivity contribution in [2.24, 2.45) is 0 Å². The first-order valence-electron chi connectivity index (χ1n) is 11.1. The Morgan fingerprint density at radius 1 is 1.16 bits per heavy atom. The molecule has 3 aromatic heterocycles. The highest BCUT2D eigenvalue weighted by molar-refractivity contribution is 7.91.